The molecule has 0 unspecified atom stereocenters. The number of nitrogens with one attached hydrogen (secondary N) is 2. The third kappa shape index (κ3) is 8.26. The predicted molar refractivity (Wildman–Crippen MR) is 83.4 cm³/mol. The molecule has 0 atom stereocenters. The molecule has 0 aliphatic rings. The molecule has 0 heterocycles. The fraction of sp³-hybridized carbons (Fsp3) is 0.500. The van der Waals surface area contributed by atoms with Crippen LogP contribution in [0.1, 0.15) is 31.2 Å². The highest BCUT2D eigenvalue weighted by molar-refractivity contribution is 5.76. The van der Waals surface area contributed by atoms with E-state index in [0.29, 0.717) is 19.5 Å². The molecule has 0 spiro atoms. The van der Waals surface area contributed by atoms with Gasteiger partial charge >= 0.3 is 0 Å². The zero-order valence-corrected chi connectivity index (χ0v) is 12.7. The van der Waals surface area contributed by atoms with Crippen LogP contribution in [0.15, 0.2) is 24.3 Å². The first-order chi connectivity index (χ1) is 10.6. The minimum Gasteiger partial charge on any atom is -0.508 e. The molecule has 122 valence electrons. The van der Waals surface area contributed by atoms with Crippen LogP contribution in [-0.2, 0) is 16.0 Å². The number of carbonyl (C=O) groups excluding carboxylic acids is 2. The zero-order chi connectivity index (χ0) is 16.2. The second kappa shape index (κ2) is 10.6. The van der Waals surface area contributed by atoms with Gasteiger partial charge in [0.1, 0.15) is 12.4 Å². The van der Waals surface area contributed by atoms with Crippen molar-refractivity contribution in [3.63, 3.8) is 0 Å². The van der Waals surface area contributed by atoms with E-state index in [1.165, 1.54) is 0 Å². The summed E-state index contributed by atoms with van der Waals surface area (Å²) in [6, 6.07) is 6.93. The summed E-state index contributed by atoms with van der Waals surface area (Å²) in [6.07, 6.45) is 3.65. The van der Waals surface area contributed by atoms with Gasteiger partial charge in [0.2, 0.25) is 11.8 Å². The standard InChI is InChI=1S/C16H24N2O4/c19-12-16(22)17-10-3-1-2-4-15(21)18-11-9-13-5-7-14(20)8-6-13/h5-8,19-20H,1-4,9-12H2,(H,17,22)(H,18,21). The van der Waals surface area contributed by atoms with E-state index in [1.54, 1.807) is 12.1 Å². The lowest BCUT2D eigenvalue weighted by Gasteiger charge is -2.06. The molecule has 22 heavy (non-hydrogen) atoms. The Labute approximate surface area is 130 Å². The van der Waals surface area contributed by atoms with Crippen LogP contribution in [0, 0.1) is 0 Å². The monoisotopic (exact) mass is 308 g/mol. The van der Waals surface area contributed by atoms with E-state index in [-0.39, 0.29) is 17.6 Å². The first-order valence-corrected chi connectivity index (χ1v) is 7.54. The maximum absolute atomic E-state index is 11.6. The zero-order valence-electron chi connectivity index (χ0n) is 12.7. The SMILES string of the molecule is O=C(CO)NCCCCCC(=O)NCCc1ccc(O)cc1. The molecule has 0 radical (unpaired) electrons. The molecular weight excluding hydrogens is 284 g/mol. The minimum atomic E-state index is -0.483. The number of phenolic OH excluding ortho intramolecular Hbond substituents is 1. The van der Waals surface area contributed by atoms with Gasteiger partial charge in [0.05, 0.1) is 0 Å². The van der Waals surface area contributed by atoms with Gasteiger partial charge in [-0.2, -0.15) is 0 Å². The van der Waals surface area contributed by atoms with E-state index in [4.69, 9.17) is 10.2 Å². The fourth-order valence-electron chi connectivity index (χ4n) is 1.97. The topological polar surface area (TPSA) is 98.7 Å². The molecule has 1 aromatic carbocycles. The lowest BCUT2D eigenvalue weighted by molar-refractivity contribution is -0.124. The third-order valence-electron chi connectivity index (χ3n) is 3.22. The number of aliphatic hydroxyl groups excluding tert-OH is 1. The van der Waals surface area contributed by atoms with E-state index in [1.807, 2.05) is 12.1 Å². The van der Waals surface area contributed by atoms with Gasteiger partial charge in [-0.25, -0.2) is 0 Å². The van der Waals surface area contributed by atoms with Crippen molar-refractivity contribution >= 4 is 11.8 Å². The molecule has 1 rings (SSSR count). The van der Waals surface area contributed by atoms with Gasteiger partial charge in [-0.15, -0.1) is 0 Å². The first-order valence-electron chi connectivity index (χ1n) is 7.54. The van der Waals surface area contributed by atoms with Gasteiger partial charge in [0.25, 0.3) is 0 Å². The fourth-order valence-corrected chi connectivity index (χ4v) is 1.97. The van der Waals surface area contributed by atoms with Gasteiger partial charge in [-0.1, -0.05) is 18.6 Å². The Balaban J connectivity index is 1.99. The molecule has 6 heteroatoms. The van der Waals surface area contributed by atoms with Crippen LogP contribution >= 0.6 is 0 Å². The van der Waals surface area contributed by atoms with Gasteiger partial charge in [0, 0.05) is 19.5 Å². The minimum absolute atomic E-state index is 0.0261. The van der Waals surface area contributed by atoms with Crippen molar-refractivity contribution in [1.82, 2.24) is 10.6 Å². The number of phenols is 1. The normalized spacial score (nSPS) is 10.2. The molecule has 0 fully saturated rings. The second-order valence-electron chi connectivity index (χ2n) is 5.09. The van der Waals surface area contributed by atoms with Crippen molar-refractivity contribution in [1.29, 1.82) is 0 Å². The van der Waals surface area contributed by atoms with Gasteiger partial charge < -0.3 is 20.8 Å². The highest BCUT2D eigenvalue weighted by Crippen LogP contribution is 2.09. The summed E-state index contributed by atoms with van der Waals surface area (Å²) < 4.78 is 0. The van der Waals surface area contributed by atoms with Crippen molar-refractivity contribution in [2.24, 2.45) is 0 Å². The third-order valence-corrected chi connectivity index (χ3v) is 3.22. The predicted octanol–water partition coefficient (Wildman–Crippen LogP) is 0.720. The summed E-state index contributed by atoms with van der Waals surface area (Å²) in [5.74, 6) is -0.104. The Morgan fingerprint density at radius 1 is 0.909 bits per heavy atom. The Morgan fingerprint density at radius 2 is 1.59 bits per heavy atom. The lowest BCUT2D eigenvalue weighted by atomic mass is 10.1. The highest BCUT2D eigenvalue weighted by atomic mass is 16.3. The molecule has 4 N–H and O–H groups in total. The van der Waals surface area contributed by atoms with Crippen molar-refractivity contribution in [3.05, 3.63) is 29.8 Å². The molecule has 1 aromatic rings. The number of rotatable bonds is 10. The van der Waals surface area contributed by atoms with Crippen LogP contribution in [0.5, 0.6) is 5.75 Å². The van der Waals surface area contributed by atoms with Crippen LogP contribution in [0.3, 0.4) is 0 Å². The van der Waals surface area contributed by atoms with Crippen LogP contribution in [0.2, 0.25) is 0 Å². The Hall–Kier alpha value is -2.08. The summed E-state index contributed by atoms with van der Waals surface area (Å²) in [7, 11) is 0. The second-order valence-corrected chi connectivity index (χ2v) is 5.09. The number of amides is 2. The van der Waals surface area contributed by atoms with Crippen LogP contribution in [0.25, 0.3) is 0 Å². The molecule has 6 nitrogen and oxygen atoms in total. The molecule has 0 saturated heterocycles. The number of unbranched alkanes of at least 4 members (excludes halogenated alkanes) is 2. The number of carbonyl (C=O) groups is 2. The van der Waals surface area contributed by atoms with Crippen LogP contribution in [-0.4, -0.2) is 41.7 Å². The number of aromatic hydroxyl groups is 1. The molecule has 0 aliphatic heterocycles. The van der Waals surface area contributed by atoms with E-state index in [9.17, 15) is 9.59 Å². The molecule has 2 amide bonds. The Bertz CT molecular complexity index is 460. The molecule has 0 saturated carbocycles. The highest BCUT2D eigenvalue weighted by Gasteiger charge is 2.02. The Kier molecular flexibility index (Phi) is 8.67. The Morgan fingerprint density at radius 3 is 2.27 bits per heavy atom. The number of aliphatic hydroxyl groups is 1. The van der Waals surface area contributed by atoms with Crippen molar-refractivity contribution < 1.29 is 19.8 Å². The van der Waals surface area contributed by atoms with Gasteiger partial charge in [0.15, 0.2) is 0 Å². The largest absolute Gasteiger partial charge is 0.508 e. The van der Waals surface area contributed by atoms with Crippen LogP contribution < -0.4 is 10.6 Å². The molecular formula is C16H24N2O4. The maximum atomic E-state index is 11.6. The van der Waals surface area contributed by atoms with E-state index >= 15 is 0 Å². The van der Waals surface area contributed by atoms with Crippen molar-refractivity contribution in [2.45, 2.75) is 32.1 Å². The number of hydrogen-bond donors (Lipinski definition) is 4. The van der Waals surface area contributed by atoms with Crippen LogP contribution in [0.4, 0.5) is 0 Å². The van der Waals surface area contributed by atoms with Gasteiger partial charge in [-0.3, -0.25) is 9.59 Å². The van der Waals surface area contributed by atoms with E-state index < -0.39 is 6.61 Å². The van der Waals surface area contributed by atoms with Crippen molar-refractivity contribution in [3.8, 4) is 5.75 Å². The molecule has 0 aliphatic carbocycles. The average molecular weight is 308 g/mol. The summed E-state index contributed by atoms with van der Waals surface area (Å²) in [6.45, 7) is 0.626. The number of hydrogen-bond acceptors (Lipinski definition) is 4. The van der Waals surface area contributed by atoms with Crippen molar-refractivity contribution in [2.75, 3.05) is 19.7 Å². The smallest absolute Gasteiger partial charge is 0.245 e. The summed E-state index contributed by atoms with van der Waals surface area (Å²) >= 11 is 0. The summed E-state index contributed by atoms with van der Waals surface area (Å²) in [5.41, 5.74) is 1.07. The quantitative estimate of drug-likeness (QED) is 0.479. The molecule has 0 bridgehead atoms. The van der Waals surface area contributed by atoms with Gasteiger partial charge in [-0.05, 0) is 37.0 Å². The lowest BCUT2D eigenvalue weighted by Crippen LogP contribution is -2.27. The summed E-state index contributed by atoms with van der Waals surface area (Å²) in [5, 5.41) is 23.1. The average Bonchev–Trinajstić information content (AvgIpc) is 2.52. The maximum Gasteiger partial charge on any atom is 0.245 e. The summed E-state index contributed by atoms with van der Waals surface area (Å²) in [4.78, 5) is 22.4. The van der Waals surface area contributed by atoms with E-state index in [0.717, 1.165) is 31.2 Å². The molecule has 0 aromatic heterocycles. The van der Waals surface area contributed by atoms with E-state index in [2.05, 4.69) is 10.6 Å². The first kappa shape index (κ1) is 18.0. The number of benzene rings is 1.